The van der Waals surface area contributed by atoms with Gasteiger partial charge in [0, 0.05) is 12.6 Å². The number of carbonyl (C=O) groups is 2. The molecule has 2 amide bonds. The second-order valence-electron chi connectivity index (χ2n) is 6.15. The predicted octanol–water partition coefficient (Wildman–Crippen LogP) is 3.85. The van der Waals surface area contributed by atoms with E-state index in [9.17, 15) is 18.4 Å². The fraction of sp³-hybridized carbons (Fsp3) is 0.0952. The summed E-state index contributed by atoms with van der Waals surface area (Å²) in [5, 5.41) is 5.04. The van der Waals surface area contributed by atoms with Crippen molar-refractivity contribution in [1.29, 1.82) is 0 Å². The number of amides is 2. The number of hydrogen-bond donors (Lipinski definition) is 2. The van der Waals surface area contributed by atoms with Crippen LogP contribution < -0.4 is 10.6 Å². The number of anilines is 1. The highest BCUT2D eigenvalue weighted by Gasteiger charge is 2.14. The van der Waals surface area contributed by atoms with E-state index in [2.05, 4.69) is 15.6 Å². The SMILES string of the molecule is Cc1ccc(CNC(=O)c2cccc(C(=O)Nc3ccc(F)cc3F)n2)cc1. The fourth-order valence-corrected chi connectivity index (χ4v) is 2.44. The molecule has 2 N–H and O–H groups in total. The van der Waals surface area contributed by atoms with E-state index in [0.29, 0.717) is 12.6 Å². The Kier molecular flexibility index (Phi) is 5.74. The number of hydrogen-bond acceptors (Lipinski definition) is 3. The van der Waals surface area contributed by atoms with Gasteiger partial charge in [0.15, 0.2) is 0 Å². The van der Waals surface area contributed by atoms with Crippen LogP contribution in [0.4, 0.5) is 14.5 Å². The Balaban J connectivity index is 1.67. The van der Waals surface area contributed by atoms with Gasteiger partial charge >= 0.3 is 0 Å². The molecular formula is C21H17F2N3O2. The molecule has 0 fully saturated rings. The lowest BCUT2D eigenvalue weighted by Crippen LogP contribution is -2.25. The van der Waals surface area contributed by atoms with Gasteiger partial charge in [0.05, 0.1) is 5.69 Å². The molecule has 1 aromatic heterocycles. The van der Waals surface area contributed by atoms with E-state index in [-0.39, 0.29) is 17.1 Å². The van der Waals surface area contributed by atoms with Crippen molar-refractivity contribution >= 4 is 17.5 Å². The summed E-state index contributed by atoms with van der Waals surface area (Å²) in [6.07, 6.45) is 0. The minimum absolute atomic E-state index is 0.0549. The van der Waals surface area contributed by atoms with Crippen LogP contribution in [0.5, 0.6) is 0 Å². The number of carbonyl (C=O) groups excluding carboxylic acids is 2. The number of halogens is 2. The normalized spacial score (nSPS) is 10.4. The van der Waals surface area contributed by atoms with Gasteiger partial charge in [-0.3, -0.25) is 9.59 Å². The largest absolute Gasteiger partial charge is 0.347 e. The van der Waals surface area contributed by atoms with E-state index < -0.39 is 23.4 Å². The molecule has 0 radical (unpaired) electrons. The van der Waals surface area contributed by atoms with Crippen molar-refractivity contribution in [2.45, 2.75) is 13.5 Å². The average Bonchev–Trinajstić information content (AvgIpc) is 2.69. The fourth-order valence-electron chi connectivity index (χ4n) is 2.44. The van der Waals surface area contributed by atoms with Crippen molar-refractivity contribution in [1.82, 2.24) is 10.3 Å². The zero-order valence-corrected chi connectivity index (χ0v) is 15.0. The summed E-state index contributed by atoms with van der Waals surface area (Å²) < 4.78 is 26.6. The van der Waals surface area contributed by atoms with Gasteiger partial charge in [-0.05, 0) is 36.8 Å². The first-order chi connectivity index (χ1) is 13.4. The van der Waals surface area contributed by atoms with Crippen LogP contribution >= 0.6 is 0 Å². The zero-order valence-electron chi connectivity index (χ0n) is 15.0. The van der Waals surface area contributed by atoms with E-state index in [1.165, 1.54) is 18.2 Å². The van der Waals surface area contributed by atoms with E-state index in [1.807, 2.05) is 31.2 Å². The molecule has 0 aliphatic carbocycles. The number of aryl methyl sites for hydroxylation is 1. The van der Waals surface area contributed by atoms with Crippen LogP contribution in [0.15, 0.2) is 60.7 Å². The van der Waals surface area contributed by atoms with Crippen molar-refractivity contribution in [3.63, 3.8) is 0 Å². The van der Waals surface area contributed by atoms with Gasteiger partial charge in [-0.1, -0.05) is 35.9 Å². The van der Waals surface area contributed by atoms with Crippen LogP contribution in [0.1, 0.15) is 32.1 Å². The van der Waals surface area contributed by atoms with Crippen LogP contribution in [-0.2, 0) is 6.54 Å². The summed E-state index contributed by atoms with van der Waals surface area (Å²) in [5.41, 5.74) is 1.86. The first kappa shape index (κ1) is 19.2. The lowest BCUT2D eigenvalue weighted by molar-refractivity contribution is 0.0945. The molecule has 0 aliphatic rings. The predicted molar refractivity (Wildman–Crippen MR) is 101 cm³/mol. The van der Waals surface area contributed by atoms with E-state index in [0.717, 1.165) is 23.3 Å². The van der Waals surface area contributed by atoms with Gasteiger partial charge in [-0.25, -0.2) is 13.8 Å². The number of pyridine rings is 1. The Labute approximate surface area is 160 Å². The number of nitrogens with zero attached hydrogens (tertiary/aromatic N) is 1. The number of rotatable bonds is 5. The standard InChI is InChI=1S/C21H17F2N3O2/c1-13-5-7-14(8-6-13)12-24-20(27)18-3-2-4-19(25-18)21(28)26-17-10-9-15(22)11-16(17)23/h2-11H,12H2,1H3,(H,24,27)(H,26,28). The van der Waals surface area contributed by atoms with Gasteiger partial charge < -0.3 is 10.6 Å². The first-order valence-electron chi connectivity index (χ1n) is 8.49. The zero-order chi connectivity index (χ0) is 20.1. The van der Waals surface area contributed by atoms with Crippen molar-refractivity contribution < 1.29 is 18.4 Å². The molecule has 0 spiro atoms. The quantitative estimate of drug-likeness (QED) is 0.705. The molecular weight excluding hydrogens is 364 g/mol. The smallest absolute Gasteiger partial charge is 0.274 e. The average molecular weight is 381 g/mol. The molecule has 0 saturated carbocycles. The van der Waals surface area contributed by atoms with Gasteiger partial charge in [0.1, 0.15) is 23.0 Å². The molecule has 28 heavy (non-hydrogen) atoms. The maximum Gasteiger partial charge on any atom is 0.274 e. The lowest BCUT2D eigenvalue weighted by atomic mass is 10.1. The highest BCUT2D eigenvalue weighted by molar-refractivity contribution is 6.03. The molecule has 5 nitrogen and oxygen atoms in total. The summed E-state index contributed by atoms with van der Waals surface area (Å²) in [4.78, 5) is 28.6. The maximum atomic E-state index is 13.7. The topological polar surface area (TPSA) is 71.1 Å². The van der Waals surface area contributed by atoms with Crippen LogP contribution in [0.3, 0.4) is 0 Å². The molecule has 1 heterocycles. The minimum Gasteiger partial charge on any atom is -0.347 e. The van der Waals surface area contributed by atoms with Crippen molar-refractivity contribution in [2.75, 3.05) is 5.32 Å². The molecule has 3 aromatic rings. The maximum absolute atomic E-state index is 13.7. The lowest BCUT2D eigenvalue weighted by Gasteiger charge is -2.08. The third-order valence-corrected chi connectivity index (χ3v) is 3.97. The van der Waals surface area contributed by atoms with Crippen LogP contribution in [0, 0.1) is 18.6 Å². The summed E-state index contributed by atoms with van der Waals surface area (Å²) in [6.45, 7) is 2.29. The molecule has 0 bridgehead atoms. The molecule has 3 rings (SSSR count). The van der Waals surface area contributed by atoms with Gasteiger partial charge in [0.25, 0.3) is 11.8 Å². The van der Waals surface area contributed by atoms with E-state index >= 15 is 0 Å². The van der Waals surface area contributed by atoms with Crippen LogP contribution in [0.2, 0.25) is 0 Å². The van der Waals surface area contributed by atoms with Crippen molar-refractivity contribution in [3.05, 3.63) is 94.8 Å². The van der Waals surface area contributed by atoms with Crippen LogP contribution in [0.25, 0.3) is 0 Å². The highest BCUT2D eigenvalue weighted by atomic mass is 19.1. The van der Waals surface area contributed by atoms with Crippen LogP contribution in [-0.4, -0.2) is 16.8 Å². The van der Waals surface area contributed by atoms with E-state index in [4.69, 9.17) is 0 Å². The third kappa shape index (κ3) is 4.76. The Morgan fingerprint density at radius 1 is 0.929 bits per heavy atom. The first-order valence-corrected chi connectivity index (χ1v) is 8.49. The monoisotopic (exact) mass is 381 g/mol. The third-order valence-electron chi connectivity index (χ3n) is 3.97. The van der Waals surface area contributed by atoms with Gasteiger partial charge in [-0.2, -0.15) is 0 Å². The van der Waals surface area contributed by atoms with Gasteiger partial charge in [0.2, 0.25) is 0 Å². The molecule has 142 valence electrons. The molecule has 0 unspecified atom stereocenters. The Morgan fingerprint density at radius 3 is 2.29 bits per heavy atom. The minimum atomic E-state index is -0.902. The summed E-state index contributed by atoms with van der Waals surface area (Å²) in [6, 6.07) is 14.9. The Bertz CT molecular complexity index is 1020. The summed E-state index contributed by atoms with van der Waals surface area (Å²) in [7, 11) is 0. The number of nitrogens with one attached hydrogen (secondary N) is 2. The Hall–Kier alpha value is -3.61. The number of aromatic nitrogens is 1. The van der Waals surface area contributed by atoms with Gasteiger partial charge in [-0.15, -0.1) is 0 Å². The highest BCUT2D eigenvalue weighted by Crippen LogP contribution is 2.16. The van der Waals surface area contributed by atoms with Crippen molar-refractivity contribution in [2.24, 2.45) is 0 Å². The Morgan fingerprint density at radius 2 is 1.61 bits per heavy atom. The molecule has 0 saturated heterocycles. The summed E-state index contributed by atoms with van der Waals surface area (Å²) >= 11 is 0. The van der Waals surface area contributed by atoms with Crippen molar-refractivity contribution in [3.8, 4) is 0 Å². The summed E-state index contributed by atoms with van der Waals surface area (Å²) in [5.74, 6) is -2.80. The van der Waals surface area contributed by atoms with E-state index in [1.54, 1.807) is 0 Å². The second kappa shape index (κ2) is 8.39. The number of benzene rings is 2. The second-order valence-corrected chi connectivity index (χ2v) is 6.15. The molecule has 0 atom stereocenters. The molecule has 7 heteroatoms. The molecule has 0 aliphatic heterocycles. The molecule has 2 aromatic carbocycles.